The predicted octanol–water partition coefficient (Wildman–Crippen LogP) is 4.07. The Morgan fingerprint density at radius 1 is 0.850 bits per heavy atom. The molecule has 0 amide bonds. The van der Waals surface area contributed by atoms with Crippen LogP contribution in [0.25, 0.3) is 11.3 Å². The summed E-state index contributed by atoms with van der Waals surface area (Å²) in [6.07, 6.45) is 1.60. The van der Waals surface area contributed by atoms with Crippen molar-refractivity contribution in [2.75, 3.05) is 0 Å². The molecule has 0 saturated heterocycles. The van der Waals surface area contributed by atoms with Gasteiger partial charge in [-0.15, -0.1) is 0 Å². The summed E-state index contributed by atoms with van der Waals surface area (Å²) in [5.74, 6) is -6.33. The first-order valence-corrected chi connectivity index (χ1v) is 6.22. The molecule has 0 aliphatic heterocycles. The van der Waals surface area contributed by atoms with Crippen LogP contribution < -0.4 is 4.57 Å². The largest absolute Gasteiger partial charge is 0.215 e. The Hall–Kier alpha value is -1.91. The Balaban J connectivity index is 0.000000956. The lowest BCUT2D eigenvalue weighted by atomic mass is 10.0. The zero-order chi connectivity index (χ0) is 15.4. The van der Waals surface area contributed by atoms with Crippen LogP contribution in [0.1, 0.15) is 19.4 Å². The zero-order valence-electron chi connectivity index (χ0n) is 11.8. The first kappa shape index (κ1) is 16.1. The van der Waals surface area contributed by atoms with Crippen molar-refractivity contribution in [1.82, 2.24) is 0 Å². The molecule has 2 rings (SSSR count). The molecule has 1 aromatic carbocycles. The van der Waals surface area contributed by atoms with Gasteiger partial charge >= 0.3 is 0 Å². The minimum absolute atomic E-state index is 0.256. The first-order chi connectivity index (χ1) is 9.45. The molecule has 1 heterocycles. The molecule has 0 spiro atoms. The topological polar surface area (TPSA) is 3.88 Å². The fraction of sp³-hybridized carbons (Fsp3) is 0.267. The van der Waals surface area contributed by atoms with Crippen molar-refractivity contribution < 1.29 is 22.1 Å². The van der Waals surface area contributed by atoms with Gasteiger partial charge in [0.25, 0.3) is 0 Å². The summed E-state index contributed by atoms with van der Waals surface area (Å²) in [7, 11) is 1.60. The third-order valence-corrected chi connectivity index (χ3v) is 2.81. The first-order valence-electron chi connectivity index (χ1n) is 6.22. The van der Waals surface area contributed by atoms with Gasteiger partial charge in [-0.05, 0) is 13.0 Å². The quantitative estimate of drug-likeness (QED) is 0.322. The summed E-state index contributed by atoms with van der Waals surface area (Å²) >= 11 is 0. The van der Waals surface area contributed by atoms with Gasteiger partial charge in [0.05, 0.1) is 5.56 Å². The molecule has 5 heteroatoms. The molecular formula is C15H16F4N+. The van der Waals surface area contributed by atoms with Crippen LogP contribution in [0.2, 0.25) is 0 Å². The van der Waals surface area contributed by atoms with E-state index in [1.54, 1.807) is 25.4 Å². The number of benzene rings is 1. The highest BCUT2D eigenvalue weighted by atomic mass is 19.2. The number of hydrogen-bond donors (Lipinski definition) is 0. The lowest BCUT2D eigenvalue weighted by Crippen LogP contribution is -2.30. The standard InChI is InChI=1S/C13H10F4N.C2H6/c1-7-9(8-5-3-4-6-18(8)2)11(15)13(17)12(16)10(7)14;1-2/h3-6H,1-2H3;1-2H3/q+1;. The van der Waals surface area contributed by atoms with Crippen molar-refractivity contribution in [2.45, 2.75) is 20.8 Å². The number of pyridine rings is 1. The van der Waals surface area contributed by atoms with Crippen LogP contribution in [-0.4, -0.2) is 0 Å². The van der Waals surface area contributed by atoms with Crippen LogP contribution in [-0.2, 0) is 7.05 Å². The molecule has 0 fully saturated rings. The SMILES string of the molecule is CC.Cc1c(F)c(F)c(F)c(F)c1-c1cccc[n+]1C. The Bertz CT molecular complexity index is 595. The van der Waals surface area contributed by atoms with Gasteiger partial charge < -0.3 is 0 Å². The Morgan fingerprint density at radius 3 is 1.95 bits per heavy atom. The van der Waals surface area contributed by atoms with E-state index in [1.807, 2.05) is 13.8 Å². The summed E-state index contributed by atoms with van der Waals surface area (Å²) in [4.78, 5) is 0. The molecule has 0 aliphatic rings. The number of hydrogen-bond acceptors (Lipinski definition) is 0. The molecule has 2 aromatic rings. The van der Waals surface area contributed by atoms with E-state index in [0.29, 0.717) is 0 Å². The summed E-state index contributed by atoms with van der Waals surface area (Å²) in [6.45, 7) is 5.21. The maximum absolute atomic E-state index is 13.8. The Morgan fingerprint density at radius 2 is 1.40 bits per heavy atom. The average molecular weight is 286 g/mol. The second kappa shape index (κ2) is 6.50. The highest BCUT2D eigenvalue weighted by Gasteiger charge is 2.27. The van der Waals surface area contributed by atoms with Gasteiger partial charge in [-0.3, -0.25) is 0 Å². The van der Waals surface area contributed by atoms with Gasteiger partial charge in [0.15, 0.2) is 29.5 Å². The monoisotopic (exact) mass is 286 g/mol. The molecule has 0 bridgehead atoms. The number of nitrogens with zero attached hydrogens (tertiary/aromatic N) is 1. The van der Waals surface area contributed by atoms with Crippen molar-refractivity contribution >= 4 is 0 Å². The third-order valence-electron chi connectivity index (χ3n) is 2.81. The summed E-state index contributed by atoms with van der Waals surface area (Å²) in [5.41, 5.74) is -0.256. The maximum Gasteiger partial charge on any atom is 0.215 e. The average Bonchev–Trinajstić information content (AvgIpc) is 2.47. The normalized spacial score (nSPS) is 10.0. The molecular weight excluding hydrogens is 270 g/mol. The molecule has 1 nitrogen and oxygen atoms in total. The van der Waals surface area contributed by atoms with E-state index in [0.717, 1.165) is 0 Å². The molecule has 20 heavy (non-hydrogen) atoms. The fourth-order valence-corrected chi connectivity index (χ4v) is 1.83. The van der Waals surface area contributed by atoms with Gasteiger partial charge in [0.1, 0.15) is 7.05 Å². The second-order valence-electron chi connectivity index (χ2n) is 3.95. The van der Waals surface area contributed by atoms with Crippen molar-refractivity contribution in [3.8, 4) is 11.3 Å². The lowest BCUT2D eigenvalue weighted by molar-refractivity contribution is -0.660. The molecule has 108 valence electrons. The van der Waals surface area contributed by atoms with E-state index in [4.69, 9.17) is 0 Å². The van der Waals surface area contributed by atoms with Crippen molar-refractivity contribution in [3.63, 3.8) is 0 Å². The van der Waals surface area contributed by atoms with E-state index in [2.05, 4.69) is 0 Å². The summed E-state index contributed by atoms with van der Waals surface area (Å²) in [5, 5.41) is 0. The number of aromatic nitrogens is 1. The molecule has 0 saturated carbocycles. The van der Waals surface area contributed by atoms with Crippen LogP contribution >= 0.6 is 0 Å². The van der Waals surface area contributed by atoms with Gasteiger partial charge in [0, 0.05) is 17.7 Å². The molecule has 0 atom stereocenters. The van der Waals surface area contributed by atoms with Crippen LogP contribution in [0.3, 0.4) is 0 Å². The van der Waals surface area contributed by atoms with E-state index in [-0.39, 0.29) is 16.8 Å². The minimum Gasteiger partial charge on any atom is -0.203 e. The van der Waals surface area contributed by atoms with E-state index < -0.39 is 23.3 Å². The van der Waals surface area contributed by atoms with Crippen LogP contribution in [0.15, 0.2) is 24.4 Å². The van der Waals surface area contributed by atoms with Crippen LogP contribution in [0.4, 0.5) is 17.6 Å². The highest BCUT2D eigenvalue weighted by molar-refractivity contribution is 5.62. The van der Waals surface area contributed by atoms with Crippen molar-refractivity contribution in [1.29, 1.82) is 0 Å². The van der Waals surface area contributed by atoms with E-state index >= 15 is 0 Å². The van der Waals surface area contributed by atoms with E-state index in [9.17, 15) is 17.6 Å². The van der Waals surface area contributed by atoms with Crippen molar-refractivity contribution in [3.05, 3.63) is 53.2 Å². The van der Waals surface area contributed by atoms with Crippen LogP contribution in [0, 0.1) is 30.2 Å². The van der Waals surface area contributed by atoms with Gasteiger partial charge in [-0.25, -0.2) is 22.1 Å². The summed E-state index contributed by atoms with van der Waals surface area (Å²) < 4.78 is 55.0. The second-order valence-corrected chi connectivity index (χ2v) is 3.95. The van der Waals surface area contributed by atoms with Gasteiger partial charge in [-0.2, -0.15) is 0 Å². The summed E-state index contributed by atoms with van der Waals surface area (Å²) in [6, 6.07) is 4.79. The predicted molar refractivity (Wildman–Crippen MR) is 69.0 cm³/mol. The fourth-order valence-electron chi connectivity index (χ4n) is 1.83. The highest BCUT2D eigenvalue weighted by Crippen LogP contribution is 2.29. The lowest BCUT2D eigenvalue weighted by Gasteiger charge is -2.08. The van der Waals surface area contributed by atoms with E-state index in [1.165, 1.54) is 17.6 Å². The Labute approximate surface area is 115 Å². The minimum atomic E-state index is -1.79. The molecule has 1 aromatic heterocycles. The number of aryl methyl sites for hydroxylation is 1. The van der Waals surface area contributed by atoms with Crippen molar-refractivity contribution in [2.24, 2.45) is 7.05 Å². The van der Waals surface area contributed by atoms with Gasteiger partial charge in [0.2, 0.25) is 5.69 Å². The Kier molecular flexibility index (Phi) is 5.25. The van der Waals surface area contributed by atoms with Gasteiger partial charge in [-0.1, -0.05) is 13.8 Å². The number of rotatable bonds is 1. The molecule has 0 aliphatic carbocycles. The third kappa shape index (κ3) is 2.66. The molecule has 0 radical (unpaired) electrons. The maximum atomic E-state index is 13.8. The zero-order valence-corrected chi connectivity index (χ0v) is 11.8. The smallest absolute Gasteiger partial charge is 0.203 e. The number of halogens is 4. The molecule has 0 unspecified atom stereocenters. The molecule has 0 N–H and O–H groups in total. The van der Waals surface area contributed by atoms with Crippen LogP contribution in [0.5, 0.6) is 0 Å².